The predicted molar refractivity (Wildman–Crippen MR) is 100.0 cm³/mol. The maximum atomic E-state index is 12.6. The Labute approximate surface area is 162 Å². The lowest BCUT2D eigenvalue weighted by molar-refractivity contribution is -0.145. The Bertz CT molecular complexity index is 886. The lowest BCUT2D eigenvalue weighted by atomic mass is 9.97. The van der Waals surface area contributed by atoms with Crippen molar-refractivity contribution < 1.29 is 19.5 Å². The smallest absolute Gasteiger partial charge is 0.306 e. The Hall–Kier alpha value is -3.23. The lowest BCUT2D eigenvalue weighted by Crippen LogP contribution is -2.45. The standard InChI is InChI=1S/C19H23N5O4/c1-13-4-3-5-15(10-13)24-11-16(20-21-24)18(26)22(2)12-17(25)23-8-6-14(7-9-23)19(27)28/h3-5,10-11,14H,6-9,12H2,1-2H3,(H,27,28). The van der Waals surface area contributed by atoms with Gasteiger partial charge in [0.25, 0.3) is 5.91 Å². The number of carbonyl (C=O) groups excluding carboxylic acids is 2. The Morgan fingerprint density at radius 2 is 1.96 bits per heavy atom. The molecule has 0 spiro atoms. The Kier molecular flexibility index (Phi) is 5.72. The summed E-state index contributed by atoms with van der Waals surface area (Å²) in [4.78, 5) is 38.9. The number of amides is 2. The third kappa shape index (κ3) is 4.36. The third-order valence-electron chi connectivity index (χ3n) is 4.89. The van der Waals surface area contributed by atoms with Gasteiger partial charge in [-0.1, -0.05) is 17.3 Å². The number of hydrogen-bond donors (Lipinski definition) is 1. The predicted octanol–water partition coefficient (Wildman–Crippen LogP) is 0.971. The summed E-state index contributed by atoms with van der Waals surface area (Å²) in [6.07, 6.45) is 2.41. The topological polar surface area (TPSA) is 109 Å². The summed E-state index contributed by atoms with van der Waals surface area (Å²) in [5.41, 5.74) is 2.02. The Morgan fingerprint density at radius 1 is 1.25 bits per heavy atom. The first-order valence-electron chi connectivity index (χ1n) is 9.10. The molecule has 0 unspecified atom stereocenters. The average molecular weight is 385 g/mol. The van der Waals surface area contributed by atoms with Crippen molar-refractivity contribution in [1.82, 2.24) is 24.8 Å². The maximum Gasteiger partial charge on any atom is 0.306 e. The van der Waals surface area contributed by atoms with Crippen molar-refractivity contribution >= 4 is 17.8 Å². The van der Waals surface area contributed by atoms with Crippen LogP contribution in [-0.2, 0) is 9.59 Å². The molecule has 9 nitrogen and oxygen atoms in total. The minimum absolute atomic E-state index is 0.0894. The first-order valence-corrected chi connectivity index (χ1v) is 9.10. The molecule has 0 bridgehead atoms. The summed E-state index contributed by atoms with van der Waals surface area (Å²) >= 11 is 0. The Morgan fingerprint density at radius 3 is 2.61 bits per heavy atom. The highest BCUT2D eigenvalue weighted by molar-refractivity contribution is 5.94. The summed E-state index contributed by atoms with van der Waals surface area (Å²) < 4.78 is 1.52. The number of hydrogen-bond acceptors (Lipinski definition) is 5. The van der Waals surface area contributed by atoms with E-state index in [4.69, 9.17) is 5.11 Å². The van der Waals surface area contributed by atoms with Gasteiger partial charge in [-0.3, -0.25) is 14.4 Å². The van der Waals surface area contributed by atoms with Crippen LogP contribution in [0.15, 0.2) is 30.5 Å². The fourth-order valence-corrected chi connectivity index (χ4v) is 3.20. The van der Waals surface area contributed by atoms with E-state index in [1.54, 1.807) is 4.90 Å². The van der Waals surface area contributed by atoms with Crippen molar-refractivity contribution in [3.63, 3.8) is 0 Å². The van der Waals surface area contributed by atoms with Crippen LogP contribution in [-0.4, -0.2) is 74.4 Å². The molecule has 1 aliphatic rings. The van der Waals surface area contributed by atoms with E-state index >= 15 is 0 Å². The highest BCUT2D eigenvalue weighted by Crippen LogP contribution is 2.17. The molecule has 0 saturated carbocycles. The molecule has 2 amide bonds. The number of aromatic nitrogens is 3. The number of carboxylic acids is 1. The van der Waals surface area contributed by atoms with Gasteiger partial charge in [0, 0.05) is 20.1 Å². The number of carboxylic acid groups (broad SMARTS) is 1. The van der Waals surface area contributed by atoms with Gasteiger partial charge in [0.1, 0.15) is 0 Å². The van der Waals surface area contributed by atoms with Crippen LogP contribution in [0.1, 0.15) is 28.9 Å². The highest BCUT2D eigenvalue weighted by Gasteiger charge is 2.28. The first kappa shape index (κ1) is 19.5. The quantitative estimate of drug-likeness (QED) is 0.822. The van der Waals surface area contributed by atoms with Crippen LogP contribution in [0.4, 0.5) is 0 Å². The second kappa shape index (κ2) is 8.20. The second-order valence-electron chi connectivity index (χ2n) is 7.04. The highest BCUT2D eigenvalue weighted by atomic mass is 16.4. The number of rotatable bonds is 5. The molecule has 1 aliphatic heterocycles. The molecule has 0 radical (unpaired) electrons. The minimum Gasteiger partial charge on any atom is -0.481 e. The van der Waals surface area contributed by atoms with Crippen LogP contribution in [0.25, 0.3) is 5.69 Å². The molecule has 9 heteroatoms. The molecular formula is C19H23N5O4. The van der Waals surface area contributed by atoms with Crippen molar-refractivity contribution in [2.24, 2.45) is 5.92 Å². The van der Waals surface area contributed by atoms with Crippen LogP contribution in [0, 0.1) is 12.8 Å². The van der Waals surface area contributed by atoms with E-state index < -0.39 is 17.8 Å². The van der Waals surface area contributed by atoms with E-state index in [2.05, 4.69) is 10.3 Å². The fraction of sp³-hybridized carbons (Fsp3) is 0.421. The summed E-state index contributed by atoms with van der Waals surface area (Å²) in [6.45, 7) is 2.65. The lowest BCUT2D eigenvalue weighted by Gasteiger charge is -2.31. The molecule has 3 rings (SSSR count). The summed E-state index contributed by atoms with van der Waals surface area (Å²) in [5, 5.41) is 17.0. The third-order valence-corrected chi connectivity index (χ3v) is 4.89. The van der Waals surface area contributed by atoms with E-state index in [1.165, 1.54) is 22.8 Å². The zero-order valence-corrected chi connectivity index (χ0v) is 15.9. The van der Waals surface area contributed by atoms with E-state index in [1.807, 2.05) is 31.2 Å². The molecule has 1 saturated heterocycles. The molecule has 148 valence electrons. The molecule has 1 aromatic heterocycles. The average Bonchev–Trinajstić information content (AvgIpc) is 3.17. The van der Waals surface area contributed by atoms with E-state index in [0.717, 1.165) is 11.3 Å². The van der Waals surface area contributed by atoms with Crippen LogP contribution in [0.3, 0.4) is 0 Å². The molecule has 1 fully saturated rings. The molecule has 1 N–H and O–H groups in total. The van der Waals surface area contributed by atoms with E-state index in [-0.39, 0.29) is 18.1 Å². The zero-order valence-electron chi connectivity index (χ0n) is 15.9. The molecular weight excluding hydrogens is 362 g/mol. The van der Waals surface area contributed by atoms with Gasteiger partial charge in [-0.05, 0) is 37.5 Å². The normalized spacial score (nSPS) is 14.7. The van der Waals surface area contributed by atoms with Crippen LogP contribution in [0.5, 0.6) is 0 Å². The maximum absolute atomic E-state index is 12.6. The van der Waals surface area contributed by atoms with Crippen LogP contribution in [0.2, 0.25) is 0 Å². The number of carbonyl (C=O) groups is 3. The van der Waals surface area contributed by atoms with Gasteiger partial charge >= 0.3 is 5.97 Å². The van der Waals surface area contributed by atoms with Crippen LogP contribution < -0.4 is 0 Å². The van der Waals surface area contributed by atoms with Gasteiger partial charge in [-0.2, -0.15) is 0 Å². The number of piperidine rings is 1. The van der Waals surface area contributed by atoms with Gasteiger partial charge in [0.2, 0.25) is 5.91 Å². The summed E-state index contributed by atoms with van der Waals surface area (Å²) in [6, 6.07) is 7.65. The second-order valence-corrected chi connectivity index (χ2v) is 7.04. The molecule has 2 heterocycles. The largest absolute Gasteiger partial charge is 0.481 e. The molecule has 1 aromatic carbocycles. The number of benzene rings is 1. The number of likely N-dealkylation sites (N-methyl/N-ethyl adjacent to an activating group) is 1. The van der Waals surface area contributed by atoms with Gasteiger partial charge in [-0.25, -0.2) is 4.68 Å². The first-order chi connectivity index (χ1) is 13.3. The number of nitrogens with zero attached hydrogens (tertiary/aromatic N) is 5. The summed E-state index contributed by atoms with van der Waals surface area (Å²) in [7, 11) is 1.54. The zero-order chi connectivity index (χ0) is 20.3. The molecule has 2 aromatic rings. The van der Waals surface area contributed by atoms with Crippen molar-refractivity contribution in [3.05, 3.63) is 41.7 Å². The molecule has 28 heavy (non-hydrogen) atoms. The SMILES string of the molecule is Cc1cccc(-n2cc(C(=O)N(C)CC(=O)N3CCC(C(=O)O)CC3)nn2)c1. The fourth-order valence-electron chi connectivity index (χ4n) is 3.20. The molecule has 0 aliphatic carbocycles. The van der Waals surface area contributed by atoms with E-state index in [9.17, 15) is 14.4 Å². The summed E-state index contributed by atoms with van der Waals surface area (Å²) in [5.74, 6) is -1.82. The van der Waals surface area contributed by atoms with Gasteiger partial charge in [0.05, 0.1) is 24.3 Å². The van der Waals surface area contributed by atoms with Crippen molar-refractivity contribution in [2.45, 2.75) is 19.8 Å². The minimum atomic E-state index is -0.823. The van der Waals surface area contributed by atoms with Crippen LogP contribution >= 0.6 is 0 Å². The number of aliphatic carboxylic acids is 1. The van der Waals surface area contributed by atoms with Gasteiger partial charge in [-0.15, -0.1) is 5.10 Å². The van der Waals surface area contributed by atoms with Crippen molar-refractivity contribution in [3.8, 4) is 5.69 Å². The van der Waals surface area contributed by atoms with Crippen molar-refractivity contribution in [1.29, 1.82) is 0 Å². The van der Waals surface area contributed by atoms with Gasteiger partial charge < -0.3 is 14.9 Å². The molecule has 0 atom stereocenters. The van der Waals surface area contributed by atoms with Gasteiger partial charge in [0.15, 0.2) is 5.69 Å². The Balaban J connectivity index is 1.59. The van der Waals surface area contributed by atoms with Crippen molar-refractivity contribution in [2.75, 3.05) is 26.7 Å². The van der Waals surface area contributed by atoms with E-state index in [0.29, 0.717) is 25.9 Å². The number of aryl methyl sites for hydroxylation is 1. The number of likely N-dealkylation sites (tertiary alicyclic amines) is 1. The monoisotopic (exact) mass is 385 g/mol.